The van der Waals surface area contributed by atoms with Crippen LogP contribution in [0.2, 0.25) is 0 Å². The Morgan fingerprint density at radius 1 is 1.28 bits per heavy atom. The summed E-state index contributed by atoms with van der Waals surface area (Å²) in [6.07, 6.45) is 0. The molecule has 2 aromatic rings. The molecular formula is C17H25Cl2N3OS2. The topological polar surface area (TPSA) is 54.0 Å². The molecule has 0 fully saturated rings. The van der Waals surface area contributed by atoms with Crippen molar-refractivity contribution in [1.82, 2.24) is 15.6 Å². The lowest BCUT2D eigenvalue weighted by molar-refractivity contribution is 0.0950. The Morgan fingerprint density at radius 3 is 2.52 bits per heavy atom. The zero-order chi connectivity index (χ0) is 16.7. The van der Waals surface area contributed by atoms with Crippen LogP contribution in [-0.2, 0) is 5.75 Å². The molecule has 0 aliphatic heterocycles. The van der Waals surface area contributed by atoms with E-state index < -0.39 is 0 Å². The van der Waals surface area contributed by atoms with Gasteiger partial charge in [0.1, 0.15) is 0 Å². The maximum atomic E-state index is 12.1. The van der Waals surface area contributed by atoms with E-state index in [-0.39, 0.29) is 36.8 Å². The van der Waals surface area contributed by atoms with Crippen LogP contribution >= 0.6 is 47.9 Å². The number of carbonyl (C=O) groups is 1. The van der Waals surface area contributed by atoms with E-state index >= 15 is 0 Å². The highest BCUT2D eigenvalue weighted by Gasteiger charge is 2.07. The highest BCUT2D eigenvalue weighted by atomic mass is 35.5. The second-order valence-electron chi connectivity index (χ2n) is 5.34. The number of thioether (sulfide) groups is 1. The van der Waals surface area contributed by atoms with Gasteiger partial charge in [0.2, 0.25) is 0 Å². The van der Waals surface area contributed by atoms with Crippen LogP contribution in [0, 0.1) is 6.92 Å². The third kappa shape index (κ3) is 8.42. The standard InChI is InChI=1S/C17H23N3OS2.2ClH/c1-4-18-12(2)9-19-17(21)14-5-7-16(8-6-14)23-11-15-10-22-13(3)20-15;;/h5-8,10,12,18H,4,9,11H2,1-3H3,(H,19,21);2*1H/t12-;;/m1../s1. The molecule has 0 saturated heterocycles. The van der Waals surface area contributed by atoms with E-state index in [1.54, 1.807) is 23.1 Å². The van der Waals surface area contributed by atoms with Crippen LogP contribution in [0.5, 0.6) is 0 Å². The number of hydrogen-bond donors (Lipinski definition) is 2. The fourth-order valence-electron chi connectivity index (χ4n) is 2.10. The summed E-state index contributed by atoms with van der Waals surface area (Å²) < 4.78 is 0. The molecule has 0 bridgehead atoms. The van der Waals surface area contributed by atoms with Gasteiger partial charge in [-0.05, 0) is 44.7 Å². The minimum atomic E-state index is -0.0265. The molecule has 0 aliphatic rings. The Morgan fingerprint density at radius 2 is 1.96 bits per heavy atom. The van der Waals surface area contributed by atoms with Crippen molar-refractivity contribution < 1.29 is 4.79 Å². The summed E-state index contributed by atoms with van der Waals surface area (Å²) in [6.45, 7) is 7.67. The number of nitrogens with zero attached hydrogens (tertiary/aromatic N) is 1. The Balaban J connectivity index is 0.00000288. The molecule has 0 aliphatic carbocycles. The molecule has 2 rings (SSSR count). The Kier molecular flexibility index (Phi) is 12.1. The Labute approximate surface area is 170 Å². The van der Waals surface area contributed by atoms with Crippen molar-refractivity contribution in [3.63, 3.8) is 0 Å². The molecule has 8 heteroatoms. The number of hydrogen-bond acceptors (Lipinski definition) is 5. The summed E-state index contributed by atoms with van der Waals surface area (Å²) in [5.41, 5.74) is 1.80. The minimum absolute atomic E-state index is 0. The number of carbonyl (C=O) groups excluding carboxylic acids is 1. The molecule has 1 atom stereocenters. The van der Waals surface area contributed by atoms with E-state index in [1.807, 2.05) is 31.2 Å². The normalized spacial score (nSPS) is 11.2. The van der Waals surface area contributed by atoms with Crippen LogP contribution < -0.4 is 10.6 Å². The van der Waals surface area contributed by atoms with Crippen molar-refractivity contribution in [2.45, 2.75) is 37.5 Å². The third-order valence-corrected chi connectivity index (χ3v) is 5.16. The lowest BCUT2D eigenvalue weighted by Gasteiger charge is -2.13. The van der Waals surface area contributed by atoms with Gasteiger partial charge in [0, 0.05) is 34.2 Å². The lowest BCUT2D eigenvalue weighted by Crippen LogP contribution is -2.38. The summed E-state index contributed by atoms with van der Waals surface area (Å²) in [5.74, 6) is 0.831. The number of amides is 1. The molecule has 140 valence electrons. The van der Waals surface area contributed by atoms with Crippen molar-refractivity contribution >= 4 is 53.8 Å². The quantitative estimate of drug-likeness (QED) is 0.623. The fourth-order valence-corrected chi connectivity index (χ4v) is 3.61. The minimum Gasteiger partial charge on any atom is -0.350 e. The number of halogens is 2. The van der Waals surface area contributed by atoms with Crippen molar-refractivity contribution in [1.29, 1.82) is 0 Å². The molecule has 1 amide bonds. The SMILES string of the molecule is CCN[C@H](C)CNC(=O)c1ccc(SCc2csc(C)n2)cc1.Cl.Cl. The van der Waals surface area contributed by atoms with Crippen molar-refractivity contribution in [3.05, 3.63) is 45.9 Å². The first-order valence-corrected chi connectivity index (χ1v) is 9.60. The highest BCUT2D eigenvalue weighted by molar-refractivity contribution is 7.98. The number of thiazole rings is 1. The molecule has 0 unspecified atom stereocenters. The van der Waals surface area contributed by atoms with E-state index in [2.05, 4.69) is 34.8 Å². The van der Waals surface area contributed by atoms with Gasteiger partial charge in [-0.1, -0.05) is 6.92 Å². The Bertz CT molecular complexity index is 635. The van der Waals surface area contributed by atoms with Crippen molar-refractivity contribution in [3.8, 4) is 0 Å². The summed E-state index contributed by atoms with van der Waals surface area (Å²) in [5, 5.41) is 9.41. The maximum absolute atomic E-state index is 12.1. The first-order chi connectivity index (χ1) is 11.1. The largest absolute Gasteiger partial charge is 0.350 e. The van der Waals surface area contributed by atoms with Gasteiger partial charge in [0.05, 0.1) is 10.7 Å². The van der Waals surface area contributed by atoms with Crippen LogP contribution in [0.25, 0.3) is 0 Å². The van der Waals surface area contributed by atoms with Crippen LogP contribution in [0.3, 0.4) is 0 Å². The first-order valence-electron chi connectivity index (χ1n) is 7.74. The molecule has 25 heavy (non-hydrogen) atoms. The molecule has 1 heterocycles. The zero-order valence-corrected chi connectivity index (χ0v) is 17.8. The molecule has 1 aromatic carbocycles. The van der Waals surface area contributed by atoms with Gasteiger partial charge in [0.25, 0.3) is 5.91 Å². The number of nitrogens with one attached hydrogen (secondary N) is 2. The van der Waals surface area contributed by atoms with E-state index in [1.165, 1.54) is 0 Å². The smallest absolute Gasteiger partial charge is 0.251 e. The van der Waals surface area contributed by atoms with Gasteiger partial charge in [-0.15, -0.1) is 47.9 Å². The average molecular weight is 422 g/mol. The monoisotopic (exact) mass is 421 g/mol. The number of aromatic nitrogens is 1. The van der Waals surface area contributed by atoms with Gasteiger partial charge in [-0.2, -0.15) is 0 Å². The second-order valence-corrected chi connectivity index (χ2v) is 7.45. The maximum Gasteiger partial charge on any atom is 0.251 e. The summed E-state index contributed by atoms with van der Waals surface area (Å²) >= 11 is 3.41. The molecule has 1 aromatic heterocycles. The first kappa shape index (κ1) is 24.2. The van der Waals surface area contributed by atoms with E-state index in [0.717, 1.165) is 27.9 Å². The van der Waals surface area contributed by atoms with E-state index in [0.29, 0.717) is 12.1 Å². The number of aryl methyl sites for hydroxylation is 1. The van der Waals surface area contributed by atoms with Gasteiger partial charge in [-0.25, -0.2) is 4.98 Å². The molecule has 4 nitrogen and oxygen atoms in total. The molecule has 0 radical (unpaired) electrons. The molecular weight excluding hydrogens is 397 g/mol. The van der Waals surface area contributed by atoms with E-state index in [9.17, 15) is 4.79 Å². The van der Waals surface area contributed by atoms with Gasteiger partial charge >= 0.3 is 0 Å². The van der Waals surface area contributed by atoms with Crippen LogP contribution in [-0.4, -0.2) is 30.0 Å². The Hall–Kier alpha value is -0.790. The van der Waals surface area contributed by atoms with Crippen LogP contribution in [0.1, 0.15) is 34.9 Å². The van der Waals surface area contributed by atoms with E-state index in [4.69, 9.17) is 0 Å². The van der Waals surface area contributed by atoms with Crippen molar-refractivity contribution in [2.75, 3.05) is 13.1 Å². The molecule has 0 spiro atoms. The summed E-state index contributed by atoms with van der Waals surface area (Å²) in [4.78, 5) is 17.7. The molecule has 0 saturated carbocycles. The lowest BCUT2D eigenvalue weighted by atomic mass is 10.2. The predicted molar refractivity (Wildman–Crippen MR) is 113 cm³/mol. The summed E-state index contributed by atoms with van der Waals surface area (Å²) in [7, 11) is 0. The number of benzene rings is 1. The molecule has 2 N–H and O–H groups in total. The predicted octanol–water partition coefficient (Wildman–Crippen LogP) is 4.32. The summed E-state index contributed by atoms with van der Waals surface area (Å²) in [6, 6.07) is 8.02. The van der Waals surface area contributed by atoms with Crippen LogP contribution in [0.15, 0.2) is 34.5 Å². The second kappa shape index (κ2) is 12.5. The third-order valence-electron chi connectivity index (χ3n) is 3.29. The zero-order valence-electron chi connectivity index (χ0n) is 14.6. The van der Waals surface area contributed by atoms with Gasteiger partial charge in [0.15, 0.2) is 0 Å². The number of rotatable bonds is 8. The number of likely N-dealkylation sites (N-methyl/N-ethyl adjacent to an activating group) is 1. The van der Waals surface area contributed by atoms with Gasteiger partial charge < -0.3 is 10.6 Å². The average Bonchev–Trinajstić information content (AvgIpc) is 2.97. The van der Waals surface area contributed by atoms with Gasteiger partial charge in [-0.3, -0.25) is 4.79 Å². The van der Waals surface area contributed by atoms with Crippen molar-refractivity contribution in [2.24, 2.45) is 0 Å². The van der Waals surface area contributed by atoms with Crippen LogP contribution in [0.4, 0.5) is 0 Å². The fraction of sp³-hybridized carbons (Fsp3) is 0.412. The highest BCUT2D eigenvalue weighted by Crippen LogP contribution is 2.23.